The van der Waals surface area contributed by atoms with Crippen LogP contribution in [0.3, 0.4) is 0 Å². The van der Waals surface area contributed by atoms with E-state index in [1.807, 2.05) is 0 Å². The molecule has 0 aliphatic heterocycles. The van der Waals surface area contributed by atoms with Crippen LogP contribution in [0.15, 0.2) is 0 Å². The maximum Gasteiger partial charge on any atom is 0.136 e. The summed E-state index contributed by atoms with van der Waals surface area (Å²) in [7, 11) is 0. The van der Waals surface area contributed by atoms with Crippen LogP contribution in [-0.2, 0) is 9.59 Å². The molecule has 2 unspecified atom stereocenters. The van der Waals surface area contributed by atoms with Crippen LogP contribution < -0.4 is 0 Å². The van der Waals surface area contributed by atoms with Gasteiger partial charge in [0.05, 0.1) is 0 Å². The molecule has 2 heteroatoms. The minimum Gasteiger partial charge on any atom is -0.303 e. The van der Waals surface area contributed by atoms with Crippen molar-refractivity contribution in [1.29, 1.82) is 0 Å². The Morgan fingerprint density at radius 2 is 2.07 bits per heavy atom. The molecule has 2 atom stereocenters. The first kappa shape index (κ1) is 12.4. The third-order valence-electron chi connectivity index (χ3n) is 3.74. The first-order valence-corrected chi connectivity index (χ1v) is 5.93. The molecule has 0 bridgehead atoms. The lowest BCUT2D eigenvalue weighted by atomic mass is 9.66. The van der Waals surface area contributed by atoms with E-state index in [1.165, 1.54) is 0 Å². The van der Waals surface area contributed by atoms with Crippen molar-refractivity contribution in [2.75, 3.05) is 0 Å². The number of rotatable bonds is 4. The third-order valence-corrected chi connectivity index (χ3v) is 3.74. The van der Waals surface area contributed by atoms with Crippen LogP contribution in [0.25, 0.3) is 0 Å². The Labute approximate surface area is 92.4 Å². The van der Waals surface area contributed by atoms with E-state index < -0.39 is 0 Å². The minimum atomic E-state index is -0.00185. The van der Waals surface area contributed by atoms with Crippen LogP contribution in [0, 0.1) is 17.3 Å². The maximum absolute atomic E-state index is 11.9. The van der Waals surface area contributed by atoms with Crippen LogP contribution in [0.5, 0.6) is 0 Å². The molecule has 0 aromatic heterocycles. The molecule has 86 valence electrons. The maximum atomic E-state index is 11.9. The molecule has 0 radical (unpaired) electrons. The van der Waals surface area contributed by atoms with Gasteiger partial charge in [-0.1, -0.05) is 20.8 Å². The Hall–Kier alpha value is -0.660. The Bertz CT molecular complexity index is 243. The van der Waals surface area contributed by atoms with Gasteiger partial charge in [0.1, 0.15) is 12.1 Å². The van der Waals surface area contributed by atoms with Crippen LogP contribution in [-0.4, -0.2) is 12.1 Å². The highest BCUT2D eigenvalue weighted by Gasteiger charge is 2.37. The largest absolute Gasteiger partial charge is 0.303 e. The summed E-state index contributed by atoms with van der Waals surface area (Å²) in [5, 5.41) is 0. The van der Waals surface area contributed by atoms with Crippen molar-refractivity contribution < 1.29 is 9.59 Å². The second kappa shape index (κ2) is 4.91. The van der Waals surface area contributed by atoms with Gasteiger partial charge in [-0.25, -0.2) is 0 Å². The molecule has 1 fully saturated rings. The molecule has 1 aliphatic rings. The second-order valence-electron chi connectivity index (χ2n) is 5.60. The second-order valence-corrected chi connectivity index (χ2v) is 5.60. The van der Waals surface area contributed by atoms with E-state index in [1.54, 1.807) is 0 Å². The van der Waals surface area contributed by atoms with Crippen LogP contribution in [0.2, 0.25) is 0 Å². The predicted molar refractivity (Wildman–Crippen MR) is 60.6 cm³/mol. The summed E-state index contributed by atoms with van der Waals surface area (Å²) < 4.78 is 0. The van der Waals surface area contributed by atoms with Gasteiger partial charge in [-0.15, -0.1) is 0 Å². The molecule has 0 aromatic carbocycles. The first-order valence-electron chi connectivity index (χ1n) is 5.93. The average molecular weight is 210 g/mol. The van der Waals surface area contributed by atoms with Crippen molar-refractivity contribution in [2.45, 2.75) is 52.9 Å². The molecular formula is C13H22O2. The number of aldehydes is 1. The van der Waals surface area contributed by atoms with Crippen LogP contribution >= 0.6 is 0 Å². The zero-order valence-corrected chi connectivity index (χ0v) is 10.1. The fourth-order valence-electron chi connectivity index (χ4n) is 2.63. The van der Waals surface area contributed by atoms with Crippen molar-refractivity contribution in [2.24, 2.45) is 17.3 Å². The molecule has 0 amide bonds. The van der Waals surface area contributed by atoms with Gasteiger partial charge in [-0.05, 0) is 30.6 Å². The number of carbonyl (C=O) groups excluding carboxylic acids is 2. The van der Waals surface area contributed by atoms with Crippen molar-refractivity contribution in [3.8, 4) is 0 Å². The number of hydrogen-bond acceptors (Lipinski definition) is 2. The summed E-state index contributed by atoms with van der Waals surface area (Å²) in [4.78, 5) is 22.3. The van der Waals surface area contributed by atoms with Gasteiger partial charge < -0.3 is 4.79 Å². The summed E-state index contributed by atoms with van der Waals surface area (Å²) in [5.74, 6) is 1.13. The van der Waals surface area contributed by atoms with E-state index in [4.69, 9.17) is 0 Å². The molecule has 2 nitrogen and oxygen atoms in total. The van der Waals surface area contributed by atoms with E-state index in [9.17, 15) is 9.59 Å². The van der Waals surface area contributed by atoms with E-state index in [-0.39, 0.29) is 11.3 Å². The third kappa shape index (κ3) is 3.15. The highest BCUT2D eigenvalue weighted by Crippen LogP contribution is 2.40. The summed E-state index contributed by atoms with van der Waals surface area (Å²) in [6.07, 6.45) is 5.26. The Kier molecular flexibility index (Phi) is 4.06. The molecule has 0 saturated heterocycles. The number of carbonyl (C=O) groups is 2. The Balaban J connectivity index is 2.61. The van der Waals surface area contributed by atoms with Gasteiger partial charge in [-0.3, -0.25) is 4.79 Å². The van der Waals surface area contributed by atoms with Crippen molar-refractivity contribution >= 4 is 12.1 Å². The SMILES string of the molecule is CC1CCC(C(C)(C)CCC=O)C(=O)C1. The smallest absolute Gasteiger partial charge is 0.136 e. The van der Waals surface area contributed by atoms with Gasteiger partial charge in [0.25, 0.3) is 0 Å². The molecule has 0 N–H and O–H groups in total. The number of hydrogen-bond donors (Lipinski definition) is 0. The molecule has 15 heavy (non-hydrogen) atoms. The van der Waals surface area contributed by atoms with E-state index in [0.29, 0.717) is 18.1 Å². The molecular weight excluding hydrogens is 188 g/mol. The highest BCUT2D eigenvalue weighted by atomic mass is 16.1. The summed E-state index contributed by atoms with van der Waals surface area (Å²) in [6, 6.07) is 0. The summed E-state index contributed by atoms with van der Waals surface area (Å²) in [6.45, 7) is 6.39. The molecule has 0 spiro atoms. The molecule has 1 saturated carbocycles. The van der Waals surface area contributed by atoms with E-state index in [2.05, 4.69) is 20.8 Å². The zero-order chi connectivity index (χ0) is 11.5. The Morgan fingerprint density at radius 3 is 2.60 bits per heavy atom. The van der Waals surface area contributed by atoms with Gasteiger partial charge in [-0.2, -0.15) is 0 Å². The summed E-state index contributed by atoms with van der Waals surface area (Å²) in [5.41, 5.74) is -0.00185. The van der Waals surface area contributed by atoms with Crippen molar-refractivity contribution in [1.82, 2.24) is 0 Å². The van der Waals surface area contributed by atoms with Crippen LogP contribution in [0.4, 0.5) is 0 Å². The standard InChI is InChI=1S/C13H22O2/c1-10-5-6-11(12(15)9-10)13(2,3)7-4-8-14/h8,10-11H,4-7,9H2,1-3H3. The summed E-state index contributed by atoms with van der Waals surface area (Å²) >= 11 is 0. The van der Waals surface area contributed by atoms with Crippen molar-refractivity contribution in [3.05, 3.63) is 0 Å². The van der Waals surface area contributed by atoms with Gasteiger partial charge in [0.2, 0.25) is 0 Å². The lowest BCUT2D eigenvalue weighted by molar-refractivity contribution is -0.130. The zero-order valence-electron chi connectivity index (χ0n) is 10.1. The number of Topliss-reactive ketones (excluding diaryl/α,β-unsaturated/α-hetero) is 1. The van der Waals surface area contributed by atoms with Gasteiger partial charge in [0, 0.05) is 18.8 Å². The lowest BCUT2D eigenvalue weighted by Gasteiger charge is -2.37. The highest BCUT2D eigenvalue weighted by molar-refractivity contribution is 5.82. The molecule has 0 aromatic rings. The lowest BCUT2D eigenvalue weighted by Crippen LogP contribution is -2.35. The monoisotopic (exact) mass is 210 g/mol. The van der Waals surface area contributed by atoms with Gasteiger partial charge >= 0.3 is 0 Å². The molecule has 0 heterocycles. The average Bonchev–Trinajstić information content (AvgIpc) is 2.14. The fraction of sp³-hybridized carbons (Fsp3) is 0.846. The topological polar surface area (TPSA) is 34.1 Å². The molecule has 1 aliphatic carbocycles. The fourth-order valence-corrected chi connectivity index (χ4v) is 2.63. The normalized spacial score (nSPS) is 27.8. The van der Waals surface area contributed by atoms with E-state index in [0.717, 1.165) is 32.0 Å². The first-order chi connectivity index (χ1) is 6.97. The quantitative estimate of drug-likeness (QED) is 0.668. The van der Waals surface area contributed by atoms with Gasteiger partial charge in [0.15, 0.2) is 0 Å². The van der Waals surface area contributed by atoms with Crippen molar-refractivity contribution in [3.63, 3.8) is 0 Å². The molecule has 1 rings (SSSR count). The predicted octanol–water partition coefficient (Wildman–Crippen LogP) is 3.00. The van der Waals surface area contributed by atoms with Crippen LogP contribution in [0.1, 0.15) is 52.9 Å². The Morgan fingerprint density at radius 1 is 1.40 bits per heavy atom. The van der Waals surface area contributed by atoms with E-state index >= 15 is 0 Å². The minimum absolute atomic E-state index is 0.00185. The number of ketones is 1.